The van der Waals surface area contributed by atoms with Crippen LogP contribution in [-0.4, -0.2) is 22.5 Å². The van der Waals surface area contributed by atoms with Crippen LogP contribution in [0.25, 0.3) is 22.6 Å². The highest BCUT2D eigenvalue weighted by molar-refractivity contribution is 9.11. The van der Waals surface area contributed by atoms with Crippen molar-refractivity contribution >= 4 is 54.6 Å². The van der Waals surface area contributed by atoms with Gasteiger partial charge in [0.1, 0.15) is 11.3 Å². The maximum Gasteiger partial charge on any atom is 0.262 e. The molecule has 2 aromatic heterocycles. The summed E-state index contributed by atoms with van der Waals surface area (Å²) in [5.41, 5.74) is 3.67. The van der Waals surface area contributed by atoms with E-state index in [9.17, 15) is 4.79 Å². The zero-order chi connectivity index (χ0) is 20.4. The molecule has 0 bridgehead atoms. The number of nitrogens with one attached hydrogen (secondary N) is 1. The van der Waals surface area contributed by atoms with Gasteiger partial charge in [0, 0.05) is 28.1 Å². The summed E-state index contributed by atoms with van der Waals surface area (Å²) in [6.07, 6.45) is 3.36. The van der Waals surface area contributed by atoms with Gasteiger partial charge in [-0.15, -0.1) is 0 Å². The molecule has 0 aliphatic rings. The number of pyridine rings is 1. The number of amides is 1. The number of rotatable bonds is 5. The average Bonchev–Trinajstić information content (AvgIpc) is 3.11. The van der Waals surface area contributed by atoms with Crippen molar-refractivity contribution in [3.05, 3.63) is 69.4 Å². The quantitative estimate of drug-likeness (QED) is 0.366. The number of carbonyl (C=O) groups excluding carboxylic acids is 1. The van der Waals surface area contributed by atoms with Crippen LogP contribution in [0.4, 0.5) is 5.69 Å². The number of benzene rings is 2. The van der Waals surface area contributed by atoms with Gasteiger partial charge < -0.3 is 14.5 Å². The monoisotopic (exact) mass is 515 g/mol. The summed E-state index contributed by atoms with van der Waals surface area (Å²) in [5.74, 6) is 0.874. The lowest BCUT2D eigenvalue weighted by Gasteiger charge is -2.12. The number of oxazole rings is 1. The molecular formula is C21H15Br2N3O3. The SMILES string of the molecule is Cc1cc(Br)cc(Br)c1OCC(=O)Nc1ccc2oc(-c3ccncc3)nc2c1. The summed E-state index contributed by atoms with van der Waals surface area (Å²) in [6, 6.07) is 12.8. The molecule has 0 atom stereocenters. The Labute approximate surface area is 183 Å². The number of halogens is 2. The van der Waals surface area contributed by atoms with Gasteiger partial charge in [-0.2, -0.15) is 0 Å². The number of nitrogens with zero attached hydrogens (tertiary/aromatic N) is 2. The second kappa shape index (κ2) is 8.34. The van der Waals surface area contributed by atoms with E-state index in [2.05, 4.69) is 47.1 Å². The minimum Gasteiger partial charge on any atom is -0.482 e. The molecule has 8 heteroatoms. The van der Waals surface area contributed by atoms with E-state index >= 15 is 0 Å². The Morgan fingerprint density at radius 2 is 1.93 bits per heavy atom. The maximum atomic E-state index is 12.3. The summed E-state index contributed by atoms with van der Waals surface area (Å²) in [5, 5.41) is 2.82. The molecule has 146 valence electrons. The van der Waals surface area contributed by atoms with Crippen molar-refractivity contribution in [3.63, 3.8) is 0 Å². The van der Waals surface area contributed by atoms with E-state index in [0.29, 0.717) is 28.4 Å². The van der Waals surface area contributed by atoms with E-state index in [0.717, 1.165) is 20.1 Å². The summed E-state index contributed by atoms with van der Waals surface area (Å²) >= 11 is 6.88. The minimum atomic E-state index is -0.267. The van der Waals surface area contributed by atoms with Gasteiger partial charge in [-0.05, 0) is 70.9 Å². The van der Waals surface area contributed by atoms with Gasteiger partial charge in [0.2, 0.25) is 5.89 Å². The van der Waals surface area contributed by atoms with Gasteiger partial charge in [-0.3, -0.25) is 9.78 Å². The highest BCUT2D eigenvalue weighted by Crippen LogP contribution is 2.32. The number of hydrogen-bond acceptors (Lipinski definition) is 5. The average molecular weight is 517 g/mol. The van der Waals surface area contributed by atoms with E-state index < -0.39 is 0 Å². The summed E-state index contributed by atoms with van der Waals surface area (Å²) in [7, 11) is 0. The highest BCUT2D eigenvalue weighted by atomic mass is 79.9. The number of hydrogen-bond donors (Lipinski definition) is 1. The molecule has 0 aliphatic carbocycles. The molecule has 0 radical (unpaired) electrons. The molecule has 0 spiro atoms. The Balaban J connectivity index is 1.46. The third kappa shape index (κ3) is 4.49. The van der Waals surface area contributed by atoms with Gasteiger partial charge in [-0.1, -0.05) is 15.9 Å². The molecule has 0 saturated heterocycles. The lowest BCUT2D eigenvalue weighted by molar-refractivity contribution is -0.118. The number of anilines is 1. The standard InChI is InChI=1S/C21H15Br2N3O3/c1-12-8-14(22)9-16(23)20(12)28-11-19(27)25-15-2-3-18-17(10-15)26-21(29-18)13-4-6-24-7-5-13/h2-10H,11H2,1H3,(H,25,27). The molecule has 2 aromatic carbocycles. The Kier molecular flexibility index (Phi) is 5.64. The van der Waals surface area contributed by atoms with Gasteiger partial charge in [0.15, 0.2) is 12.2 Å². The molecule has 4 aromatic rings. The van der Waals surface area contributed by atoms with Crippen LogP contribution in [0.3, 0.4) is 0 Å². The van der Waals surface area contributed by atoms with Crippen LogP contribution < -0.4 is 10.1 Å². The number of aromatic nitrogens is 2. The van der Waals surface area contributed by atoms with Crippen molar-refractivity contribution in [2.24, 2.45) is 0 Å². The van der Waals surface area contributed by atoms with Gasteiger partial charge in [0.25, 0.3) is 5.91 Å². The van der Waals surface area contributed by atoms with E-state index in [4.69, 9.17) is 9.15 Å². The molecule has 0 fully saturated rings. The maximum absolute atomic E-state index is 12.3. The first-order chi connectivity index (χ1) is 14.0. The van der Waals surface area contributed by atoms with Gasteiger partial charge in [-0.25, -0.2) is 4.98 Å². The molecular weight excluding hydrogens is 502 g/mol. The summed E-state index contributed by atoms with van der Waals surface area (Å²) in [4.78, 5) is 20.8. The first kappa shape index (κ1) is 19.6. The van der Waals surface area contributed by atoms with Crippen molar-refractivity contribution in [2.45, 2.75) is 6.92 Å². The molecule has 0 saturated carbocycles. The van der Waals surface area contributed by atoms with Crippen LogP contribution in [0.2, 0.25) is 0 Å². The topological polar surface area (TPSA) is 77.2 Å². The van der Waals surface area contributed by atoms with E-state index in [1.807, 2.05) is 31.2 Å². The molecule has 1 N–H and O–H groups in total. The number of fused-ring (bicyclic) bond motifs is 1. The van der Waals surface area contributed by atoms with Crippen molar-refractivity contribution in [1.29, 1.82) is 0 Å². The molecule has 29 heavy (non-hydrogen) atoms. The summed E-state index contributed by atoms with van der Waals surface area (Å²) in [6.45, 7) is 1.81. The third-order valence-electron chi connectivity index (χ3n) is 4.14. The molecule has 2 heterocycles. The number of aryl methyl sites for hydroxylation is 1. The highest BCUT2D eigenvalue weighted by Gasteiger charge is 2.12. The smallest absolute Gasteiger partial charge is 0.262 e. The molecule has 0 unspecified atom stereocenters. The van der Waals surface area contributed by atoms with Crippen LogP contribution >= 0.6 is 31.9 Å². The van der Waals surface area contributed by atoms with Gasteiger partial charge >= 0.3 is 0 Å². The van der Waals surface area contributed by atoms with Crippen LogP contribution in [-0.2, 0) is 4.79 Å². The van der Waals surface area contributed by atoms with E-state index in [-0.39, 0.29) is 12.5 Å². The first-order valence-corrected chi connectivity index (χ1v) is 10.3. The third-order valence-corrected chi connectivity index (χ3v) is 5.19. The fraction of sp³-hybridized carbons (Fsp3) is 0.0952. The zero-order valence-corrected chi connectivity index (χ0v) is 18.5. The Bertz CT molecular complexity index is 1170. The number of carbonyl (C=O) groups is 1. The molecule has 1 amide bonds. The number of ether oxygens (including phenoxy) is 1. The van der Waals surface area contributed by atoms with Crippen molar-refractivity contribution in [3.8, 4) is 17.2 Å². The van der Waals surface area contributed by atoms with Crippen LogP contribution in [0.1, 0.15) is 5.56 Å². The van der Waals surface area contributed by atoms with Crippen LogP contribution in [0, 0.1) is 6.92 Å². The van der Waals surface area contributed by atoms with Crippen molar-refractivity contribution in [2.75, 3.05) is 11.9 Å². The molecule has 0 aliphatic heterocycles. The lowest BCUT2D eigenvalue weighted by Crippen LogP contribution is -2.20. The minimum absolute atomic E-state index is 0.111. The van der Waals surface area contributed by atoms with Crippen molar-refractivity contribution < 1.29 is 13.9 Å². The van der Waals surface area contributed by atoms with E-state index in [1.54, 1.807) is 30.6 Å². The fourth-order valence-electron chi connectivity index (χ4n) is 2.83. The van der Waals surface area contributed by atoms with E-state index in [1.165, 1.54) is 0 Å². The predicted molar refractivity (Wildman–Crippen MR) is 118 cm³/mol. The molecule has 4 rings (SSSR count). The second-order valence-corrected chi connectivity index (χ2v) is 8.08. The van der Waals surface area contributed by atoms with Crippen LogP contribution in [0.15, 0.2) is 68.2 Å². The zero-order valence-electron chi connectivity index (χ0n) is 15.3. The van der Waals surface area contributed by atoms with Crippen molar-refractivity contribution in [1.82, 2.24) is 9.97 Å². The normalized spacial score (nSPS) is 10.9. The lowest BCUT2D eigenvalue weighted by atomic mass is 10.2. The summed E-state index contributed by atoms with van der Waals surface area (Å²) < 4.78 is 13.2. The van der Waals surface area contributed by atoms with Crippen LogP contribution in [0.5, 0.6) is 5.75 Å². The Morgan fingerprint density at radius 1 is 1.14 bits per heavy atom. The Morgan fingerprint density at radius 3 is 2.69 bits per heavy atom. The second-order valence-electron chi connectivity index (χ2n) is 6.31. The molecule has 6 nitrogen and oxygen atoms in total. The fourth-order valence-corrected chi connectivity index (χ4v) is 4.38. The largest absolute Gasteiger partial charge is 0.482 e. The Hall–Kier alpha value is -2.71. The van der Waals surface area contributed by atoms with Gasteiger partial charge in [0.05, 0.1) is 4.47 Å². The first-order valence-electron chi connectivity index (χ1n) is 8.69. The predicted octanol–water partition coefficient (Wildman–Crippen LogP) is 5.74.